The number of ether oxygens (including phenoxy) is 1. The van der Waals surface area contributed by atoms with E-state index in [0.717, 1.165) is 19.4 Å². The van der Waals surface area contributed by atoms with Crippen molar-refractivity contribution >= 4 is 11.7 Å². The molecule has 1 aromatic rings. The van der Waals surface area contributed by atoms with Crippen molar-refractivity contribution < 1.29 is 9.53 Å². The molecule has 0 bridgehead atoms. The van der Waals surface area contributed by atoms with Gasteiger partial charge in [0, 0.05) is 19.8 Å². The minimum absolute atomic E-state index is 0.201. The quantitative estimate of drug-likeness (QED) is 0.699. The fraction of sp³-hybridized carbons (Fsp3) is 0.500. The summed E-state index contributed by atoms with van der Waals surface area (Å²) in [4.78, 5) is 15.6. The first-order valence-corrected chi connectivity index (χ1v) is 5.82. The van der Waals surface area contributed by atoms with Crippen molar-refractivity contribution in [1.82, 2.24) is 10.3 Å². The lowest BCUT2D eigenvalue weighted by molar-refractivity contribution is 0.0936. The molecule has 0 saturated heterocycles. The van der Waals surface area contributed by atoms with Crippen LogP contribution in [0, 0.1) is 0 Å². The molecule has 1 aromatic heterocycles. The second-order valence-corrected chi connectivity index (χ2v) is 3.67. The number of nitrogens with one attached hydrogen (secondary N) is 1. The van der Waals surface area contributed by atoms with Crippen molar-refractivity contribution in [3.63, 3.8) is 0 Å². The third-order valence-electron chi connectivity index (χ3n) is 2.10. The Morgan fingerprint density at radius 3 is 3.00 bits per heavy atom. The van der Waals surface area contributed by atoms with Crippen LogP contribution in [-0.4, -0.2) is 30.6 Å². The summed E-state index contributed by atoms with van der Waals surface area (Å²) in [6, 6.07) is 5.00. The number of carbonyl (C=O) groups is 1. The van der Waals surface area contributed by atoms with Gasteiger partial charge in [0.2, 0.25) is 0 Å². The molecule has 0 aromatic carbocycles. The Labute approximate surface area is 101 Å². The van der Waals surface area contributed by atoms with Gasteiger partial charge >= 0.3 is 0 Å². The van der Waals surface area contributed by atoms with Crippen LogP contribution in [-0.2, 0) is 4.74 Å². The first kappa shape index (κ1) is 13.4. The molecule has 1 amide bonds. The van der Waals surface area contributed by atoms with Gasteiger partial charge in [-0.3, -0.25) is 4.79 Å². The van der Waals surface area contributed by atoms with E-state index in [-0.39, 0.29) is 5.91 Å². The van der Waals surface area contributed by atoms with Crippen LogP contribution in [0.15, 0.2) is 18.2 Å². The third kappa shape index (κ3) is 5.31. The van der Waals surface area contributed by atoms with Gasteiger partial charge in [0.1, 0.15) is 11.5 Å². The van der Waals surface area contributed by atoms with E-state index in [1.165, 1.54) is 0 Å². The average Bonchev–Trinajstić information content (AvgIpc) is 2.33. The molecule has 5 heteroatoms. The molecule has 0 aliphatic heterocycles. The molecule has 0 saturated carbocycles. The van der Waals surface area contributed by atoms with Crippen molar-refractivity contribution in [2.75, 3.05) is 25.5 Å². The Hall–Kier alpha value is -1.62. The summed E-state index contributed by atoms with van der Waals surface area (Å²) in [5, 5.41) is 2.77. The Morgan fingerprint density at radius 1 is 1.47 bits per heavy atom. The molecule has 0 radical (unpaired) electrons. The minimum Gasteiger partial charge on any atom is -0.384 e. The standard InChI is InChI=1S/C12H19N3O2/c1-2-8-17-9-4-7-14-12(16)10-5-3-6-11(13)15-10/h3,5-6H,2,4,7-9H2,1H3,(H2,13,15)(H,14,16). The lowest BCUT2D eigenvalue weighted by Crippen LogP contribution is -2.26. The molecule has 17 heavy (non-hydrogen) atoms. The zero-order valence-electron chi connectivity index (χ0n) is 10.1. The zero-order valence-corrected chi connectivity index (χ0v) is 10.1. The first-order chi connectivity index (χ1) is 8.24. The molecule has 5 nitrogen and oxygen atoms in total. The highest BCUT2D eigenvalue weighted by Gasteiger charge is 2.05. The average molecular weight is 237 g/mol. The van der Waals surface area contributed by atoms with E-state index in [1.54, 1.807) is 18.2 Å². The van der Waals surface area contributed by atoms with Gasteiger partial charge in [-0.05, 0) is 25.0 Å². The predicted octanol–water partition coefficient (Wildman–Crippen LogP) is 1.21. The number of anilines is 1. The Bertz CT molecular complexity index is 355. The fourth-order valence-corrected chi connectivity index (χ4v) is 1.29. The molecule has 0 aliphatic rings. The fourth-order valence-electron chi connectivity index (χ4n) is 1.29. The van der Waals surface area contributed by atoms with Crippen molar-refractivity contribution in [3.8, 4) is 0 Å². The van der Waals surface area contributed by atoms with Gasteiger partial charge in [-0.2, -0.15) is 0 Å². The van der Waals surface area contributed by atoms with Crippen LogP contribution in [0.2, 0.25) is 0 Å². The summed E-state index contributed by atoms with van der Waals surface area (Å²) in [6.07, 6.45) is 1.81. The molecule has 0 unspecified atom stereocenters. The van der Waals surface area contributed by atoms with Crippen molar-refractivity contribution in [2.45, 2.75) is 19.8 Å². The number of aromatic nitrogens is 1. The molecule has 0 fully saturated rings. The van der Waals surface area contributed by atoms with Crippen LogP contribution in [0.3, 0.4) is 0 Å². The van der Waals surface area contributed by atoms with Crippen LogP contribution < -0.4 is 11.1 Å². The summed E-state index contributed by atoms with van der Waals surface area (Å²) in [6.45, 7) is 4.08. The number of nitrogen functional groups attached to an aromatic ring is 1. The highest BCUT2D eigenvalue weighted by Crippen LogP contribution is 1.99. The summed E-state index contributed by atoms with van der Waals surface area (Å²) < 4.78 is 5.30. The van der Waals surface area contributed by atoms with Crippen LogP contribution in [0.4, 0.5) is 5.82 Å². The lowest BCUT2D eigenvalue weighted by Gasteiger charge is -2.05. The maximum absolute atomic E-state index is 11.6. The van der Waals surface area contributed by atoms with Crippen LogP contribution in [0.5, 0.6) is 0 Å². The zero-order chi connectivity index (χ0) is 12.5. The van der Waals surface area contributed by atoms with E-state index in [1.807, 2.05) is 0 Å². The number of pyridine rings is 1. The molecular weight excluding hydrogens is 218 g/mol. The largest absolute Gasteiger partial charge is 0.384 e. The molecule has 3 N–H and O–H groups in total. The van der Waals surface area contributed by atoms with Gasteiger partial charge in [0.05, 0.1) is 0 Å². The highest BCUT2D eigenvalue weighted by atomic mass is 16.5. The number of carbonyl (C=O) groups excluding carboxylic acids is 1. The first-order valence-electron chi connectivity index (χ1n) is 5.82. The lowest BCUT2D eigenvalue weighted by atomic mass is 10.3. The van der Waals surface area contributed by atoms with E-state index in [9.17, 15) is 4.79 Å². The molecule has 94 valence electrons. The van der Waals surface area contributed by atoms with Gasteiger partial charge < -0.3 is 15.8 Å². The van der Waals surface area contributed by atoms with Crippen molar-refractivity contribution in [1.29, 1.82) is 0 Å². The van der Waals surface area contributed by atoms with Gasteiger partial charge in [0.25, 0.3) is 5.91 Å². The van der Waals surface area contributed by atoms with E-state index in [2.05, 4.69) is 17.2 Å². The normalized spacial score (nSPS) is 10.2. The topological polar surface area (TPSA) is 77.2 Å². The summed E-state index contributed by atoms with van der Waals surface area (Å²) in [7, 11) is 0. The SMILES string of the molecule is CCCOCCCNC(=O)c1cccc(N)n1. The summed E-state index contributed by atoms with van der Waals surface area (Å²) in [5.41, 5.74) is 5.84. The molecule has 1 rings (SSSR count). The molecular formula is C12H19N3O2. The number of rotatable bonds is 7. The maximum atomic E-state index is 11.6. The Morgan fingerprint density at radius 2 is 2.29 bits per heavy atom. The number of hydrogen-bond donors (Lipinski definition) is 2. The van der Waals surface area contributed by atoms with Gasteiger partial charge in [-0.1, -0.05) is 13.0 Å². The number of hydrogen-bond acceptors (Lipinski definition) is 4. The summed E-state index contributed by atoms with van der Waals surface area (Å²) in [5.74, 6) is 0.150. The van der Waals surface area contributed by atoms with Crippen molar-refractivity contribution in [2.24, 2.45) is 0 Å². The van der Waals surface area contributed by atoms with Crippen LogP contribution in [0.1, 0.15) is 30.3 Å². The van der Waals surface area contributed by atoms with E-state index < -0.39 is 0 Å². The Kier molecular flexibility index (Phi) is 6.03. The van der Waals surface area contributed by atoms with Crippen LogP contribution >= 0.6 is 0 Å². The van der Waals surface area contributed by atoms with Gasteiger partial charge in [-0.15, -0.1) is 0 Å². The van der Waals surface area contributed by atoms with E-state index >= 15 is 0 Å². The molecule has 0 aliphatic carbocycles. The Balaban J connectivity index is 2.21. The third-order valence-corrected chi connectivity index (χ3v) is 2.10. The predicted molar refractivity (Wildman–Crippen MR) is 66.7 cm³/mol. The number of amides is 1. The van der Waals surface area contributed by atoms with Gasteiger partial charge in [0.15, 0.2) is 0 Å². The minimum atomic E-state index is -0.201. The molecule has 0 spiro atoms. The van der Waals surface area contributed by atoms with Crippen molar-refractivity contribution in [3.05, 3.63) is 23.9 Å². The smallest absolute Gasteiger partial charge is 0.269 e. The monoisotopic (exact) mass is 237 g/mol. The van der Waals surface area contributed by atoms with E-state index in [0.29, 0.717) is 24.7 Å². The molecule has 1 heterocycles. The molecule has 0 atom stereocenters. The highest BCUT2D eigenvalue weighted by molar-refractivity contribution is 5.92. The maximum Gasteiger partial charge on any atom is 0.269 e. The number of nitrogens with zero attached hydrogens (tertiary/aromatic N) is 1. The van der Waals surface area contributed by atoms with Gasteiger partial charge in [-0.25, -0.2) is 4.98 Å². The van der Waals surface area contributed by atoms with E-state index in [4.69, 9.17) is 10.5 Å². The summed E-state index contributed by atoms with van der Waals surface area (Å²) >= 11 is 0. The number of nitrogens with two attached hydrogens (primary N) is 1. The second-order valence-electron chi connectivity index (χ2n) is 3.67. The second kappa shape index (κ2) is 7.62. The van der Waals surface area contributed by atoms with Crippen LogP contribution in [0.25, 0.3) is 0 Å².